The number of benzene rings is 1. The van der Waals surface area contributed by atoms with Crippen LogP contribution in [0.25, 0.3) is 10.2 Å². The number of nitrogens with two attached hydrogens (primary N) is 1. The number of esters is 1. The highest BCUT2D eigenvalue weighted by Crippen LogP contribution is 2.29. The van der Waals surface area contributed by atoms with E-state index in [0.717, 1.165) is 11.1 Å². The van der Waals surface area contributed by atoms with E-state index < -0.39 is 18.5 Å². The van der Waals surface area contributed by atoms with Gasteiger partial charge in [-0.3, -0.25) is 9.59 Å². The zero-order valence-electron chi connectivity index (χ0n) is 12.5. The average Bonchev–Trinajstić information content (AvgIpc) is 2.90. The molecule has 3 rings (SSSR count). The van der Waals surface area contributed by atoms with Crippen LogP contribution in [0.15, 0.2) is 18.2 Å². The summed E-state index contributed by atoms with van der Waals surface area (Å²) in [6.45, 7) is 1.35. The third-order valence-electron chi connectivity index (χ3n) is 3.32. The molecule has 2 heterocycles. The van der Waals surface area contributed by atoms with Gasteiger partial charge in [0.1, 0.15) is 5.75 Å². The van der Waals surface area contributed by atoms with E-state index in [1.165, 1.54) is 18.3 Å². The molecule has 0 bridgehead atoms. The highest BCUT2D eigenvalue weighted by Gasteiger charge is 2.25. The number of ether oxygens (including phenoxy) is 3. The van der Waals surface area contributed by atoms with Gasteiger partial charge in [0, 0.05) is 19.8 Å². The van der Waals surface area contributed by atoms with E-state index in [0.29, 0.717) is 24.1 Å². The lowest BCUT2D eigenvalue weighted by atomic mass is 10.2. The summed E-state index contributed by atoms with van der Waals surface area (Å²) in [6, 6.07) is 5.31. The lowest BCUT2D eigenvalue weighted by molar-refractivity contribution is -0.236. The van der Waals surface area contributed by atoms with E-state index in [4.69, 9.17) is 19.9 Å². The minimum atomic E-state index is -0.570. The molecule has 0 radical (unpaired) electrons. The summed E-state index contributed by atoms with van der Waals surface area (Å²) >= 11 is 1.21. The van der Waals surface area contributed by atoms with E-state index in [-0.39, 0.29) is 11.0 Å². The molecule has 0 saturated carbocycles. The van der Waals surface area contributed by atoms with Gasteiger partial charge >= 0.3 is 5.97 Å². The van der Waals surface area contributed by atoms with Gasteiger partial charge in [0.2, 0.25) is 12.6 Å². The van der Waals surface area contributed by atoms with Crippen LogP contribution in [0.5, 0.6) is 5.75 Å². The van der Waals surface area contributed by atoms with Gasteiger partial charge in [0.25, 0.3) is 5.91 Å². The van der Waals surface area contributed by atoms with E-state index in [1.807, 2.05) is 0 Å². The molecule has 2 atom stereocenters. The smallest absolute Gasteiger partial charge is 0.304 e. The van der Waals surface area contributed by atoms with Gasteiger partial charge in [0.05, 0.1) is 10.2 Å². The predicted molar refractivity (Wildman–Crippen MR) is 83.0 cm³/mol. The fraction of sp³-hybridized carbons (Fsp3) is 0.400. The van der Waals surface area contributed by atoms with Crippen LogP contribution in [0, 0.1) is 0 Å². The Labute approximate surface area is 136 Å². The number of aromatic nitrogens is 1. The number of fused-ring (bicyclic) bond motifs is 1. The molecule has 8 heteroatoms. The van der Waals surface area contributed by atoms with E-state index in [2.05, 4.69) is 4.98 Å². The zero-order chi connectivity index (χ0) is 16.4. The Kier molecular flexibility index (Phi) is 4.44. The monoisotopic (exact) mass is 336 g/mol. The fourth-order valence-corrected chi connectivity index (χ4v) is 3.20. The number of nitrogens with zero attached hydrogens (tertiary/aromatic N) is 1. The summed E-state index contributed by atoms with van der Waals surface area (Å²) in [4.78, 5) is 26.3. The van der Waals surface area contributed by atoms with Crippen molar-refractivity contribution < 1.29 is 23.8 Å². The van der Waals surface area contributed by atoms with Crippen LogP contribution >= 0.6 is 11.3 Å². The molecule has 1 aromatic heterocycles. The molecule has 0 aliphatic carbocycles. The van der Waals surface area contributed by atoms with E-state index in [9.17, 15) is 9.59 Å². The van der Waals surface area contributed by atoms with E-state index >= 15 is 0 Å². The molecule has 1 amide bonds. The lowest BCUT2D eigenvalue weighted by Gasteiger charge is -2.29. The number of amides is 1. The number of carbonyl (C=O) groups is 2. The van der Waals surface area contributed by atoms with Crippen LogP contribution in [0.3, 0.4) is 0 Å². The molecular weight excluding hydrogens is 320 g/mol. The van der Waals surface area contributed by atoms with Gasteiger partial charge in [-0.05, 0) is 24.6 Å². The average molecular weight is 336 g/mol. The van der Waals surface area contributed by atoms with Crippen molar-refractivity contribution in [2.75, 3.05) is 0 Å². The summed E-state index contributed by atoms with van der Waals surface area (Å²) < 4.78 is 17.3. The van der Waals surface area contributed by atoms with Gasteiger partial charge in [-0.2, -0.15) is 0 Å². The van der Waals surface area contributed by atoms with Crippen LogP contribution in [0.4, 0.5) is 0 Å². The lowest BCUT2D eigenvalue weighted by Crippen LogP contribution is -2.34. The zero-order valence-corrected chi connectivity index (χ0v) is 13.3. The Balaban J connectivity index is 1.70. The van der Waals surface area contributed by atoms with Crippen LogP contribution in [-0.2, 0) is 14.3 Å². The molecule has 1 fully saturated rings. The second-order valence-corrected chi connectivity index (χ2v) is 6.20. The van der Waals surface area contributed by atoms with Crippen molar-refractivity contribution in [1.29, 1.82) is 0 Å². The van der Waals surface area contributed by atoms with Crippen molar-refractivity contribution in [3.8, 4) is 5.75 Å². The Morgan fingerprint density at radius 3 is 2.87 bits per heavy atom. The topological polar surface area (TPSA) is 101 Å². The van der Waals surface area contributed by atoms with Crippen molar-refractivity contribution in [2.45, 2.75) is 38.8 Å². The minimum absolute atomic E-state index is 0.265. The highest BCUT2D eigenvalue weighted by molar-refractivity contribution is 7.20. The largest absolute Gasteiger partial charge is 0.465 e. The van der Waals surface area contributed by atoms with Crippen LogP contribution in [0.1, 0.15) is 36.0 Å². The normalized spacial score (nSPS) is 21.1. The molecule has 2 N–H and O–H groups in total. The first kappa shape index (κ1) is 15.7. The van der Waals surface area contributed by atoms with E-state index in [1.54, 1.807) is 18.2 Å². The molecule has 1 aliphatic heterocycles. The maximum atomic E-state index is 11.2. The summed E-state index contributed by atoms with van der Waals surface area (Å²) in [5.74, 6) is -0.320. The summed E-state index contributed by atoms with van der Waals surface area (Å²) in [7, 11) is 0. The van der Waals surface area contributed by atoms with Crippen LogP contribution in [0.2, 0.25) is 0 Å². The van der Waals surface area contributed by atoms with Crippen LogP contribution in [-0.4, -0.2) is 29.4 Å². The molecule has 7 nitrogen and oxygen atoms in total. The van der Waals surface area contributed by atoms with Gasteiger partial charge in [-0.25, -0.2) is 4.98 Å². The minimum Gasteiger partial charge on any atom is -0.465 e. The Bertz CT molecular complexity index is 745. The first-order chi connectivity index (χ1) is 11.0. The maximum Gasteiger partial charge on any atom is 0.304 e. The number of carbonyl (C=O) groups excluding carboxylic acids is 2. The molecule has 2 aromatic rings. The van der Waals surface area contributed by atoms with Gasteiger partial charge in [0.15, 0.2) is 5.01 Å². The number of thiazole rings is 1. The summed E-state index contributed by atoms with van der Waals surface area (Å²) in [6.07, 6.45) is 1.17. The molecular formula is C15H16N2O5S. The first-order valence-electron chi connectivity index (χ1n) is 7.21. The number of primary amides is 1. The molecule has 1 saturated heterocycles. The molecule has 0 spiro atoms. The van der Waals surface area contributed by atoms with Crippen molar-refractivity contribution in [3.05, 3.63) is 23.2 Å². The molecule has 1 unspecified atom stereocenters. The second kappa shape index (κ2) is 6.51. The molecule has 23 heavy (non-hydrogen) atoms. The SMILES string of the molecule is CC(=O)OC1CCC[C@H](Oc2ccc3nc(C(N)=O)sc3c2)O1. The third-order valence-corrected chi connectivity index (χ3v) is 4.35. The molecule has 1 aromatic carbocycles. The van der Waals surface area contributed by atoms with Gasteiger partial charge in [-0.15, -0.1) is 11.3 Å². The van der Waals surface area contributed by atoms with Crippen LogP contribution < -0.4 is 10.5 Å². The number of hydrogen-bond acceptors (Lipinski definition) is 7. The standard InChI is InChI=1S/C15H16N2O5S/c1-8(18)20-12-3-2-4-13(22-12)21-9-5-6-10-11(7-9)23-15(17-10)14(16)19/h5-7,12-13H,2-4H2,1H3,(H2,16,19)/t12?,13-/m1/s1. The second-order valence-electron chi connectivity index (χ2n) is 5.17. The summed E-state index contributed by atoms with van der Waals surface area (Å²) in [5, 5.41) is 0.265. The van der Waals surface area contributed by atoms with Gasteiger partial charge < -0.3 is 19.9 Å². The number of rotatable bonds is 4. The summed E-state index contributed by atoms with van der Waals surface area (Å²) in [5.41, 5.74) is 5.93. The maximum absolute atomic E-state index is 11.2. The Morgan fingerprint density at radius 1 is 1.35 bits per heavy atom. The third kappa shape index (κ3) is 3.77. The number of hydrogen-bond donors (Lipinski definition) is 1. The molecule has 122 valence electrons. The predicted octanol–water partition coefficient (Wildman–Crippen LogP) is 2.19. The van der Waals surface area contributed by atoms with Crippen molar-refractivity contribution >= 4 is 33.4 Å². The Hall–Kier alpha value is -2.19. The highest BCUT2D eigenvalue weighted by atomic mass is 32.1. The van der Waals surface area contributed by atoms with Crippen molar-refractivity contribution in [2.24, 2.45) is 5.73 Å². The first-order valence-corrected chi connectivity index (χ1v) is 8.02. The van der Waals surface area contributed by atoms with Gasteiger partial charge in [-0.1, -0.05) is 0 Å². The Morgan fingerprint density at radius 2 is 2.13 bits per heavy atom. The fourth-order valence-electron chi connectivity index (χ4n) is 2.35. The van der Waals surface area contributed by atoms with Crippen molar-refractivity contribution in [3.63, 3.8) is 0 Å². The van der Waals surface area contributed by atoms with Crippen molar-refractivity contribution in [1.82, 2.24) is 4.98 Å². The molecule has 1 aliphatic rings. The quantitative estimate of drug-likeness (QED) is 0.859.